The van der Waals surface area contributed by atoms with Gasteiger partial charge in [-0.25, -0.2) is 0 Å². The van der Waals surface area contributed by atoms with E-state index in [1.807, 2.05) is 31.2 Å². The smallest absolute Gasteiger partial charge is 0.237 e. The van der Waals surface area contributed by atoms with Gasteiger partial charge in [0, 0.05) is 10.6 Å². The molecule has 1 N–H and O–H groups in total. The molecule has 0 radical (unpaired) electrons. The molecule has 1 aliphatic carbocycles. The van der Waals surface area contributed by atoms with Crippen LogP contribution in [0.15, 0.2) is 47.4 Å². The highest BCUT2D eigenvalue weighted by atomic mass is 32.2. The number of methoxy groups -OCH3 is 1. The number of amides is 1. The SMILES string of the molecule is COc1ccc(NC(=O)[C@@H](C)Sc2ccc3c(c2)CCC3)cc1. The number of rotatable bonds is 5. The fraction of sp³-hybridized carbons (Fsp3) is 0.316. The maximum absolute atomic E-state index is 12.3. The molecule has 1 aliphatic rings. The molecule has 1 atom stereocenters. The van der Waals surface area contributed by atoms with Crippen molar-refractivity contribution in [1.82, 2.24) is 0 Å². The van der Waals surface area contributed by atoms with Gasteiger partial charge in [-0.15, -0.1) is 11.8 Å². The minimum absolute atomic E-state index is 0.0145. The Morgan fingerprint density at radius 1 is 1.13 bits per heavy atom. The highest BCUT2D eigenvalue weighted by Gasteiger charge is 2.17. The number of fused-ring (bicyclic) bond motifs is 1. The molecule has 120 valence electrons. The molecule has 0 fully saturated rings. The molecule has 0 spiro atoms. The van der Waals surface area contributed by atoms with Gasteiger partial charge in [-0.3, -0.25) is 4.79 Å². The van der Waals surface area contributed by atoms with Gasteiger partial charge in [-0.05, 0) is 73.7 Å². The van der Waals surface area contributed by atoms with E-state index in [0.29, 0.717) is 0 Å². The number of benzene rings is 2. The average molecular weight is 327 g/mol. The largest absolute Gasteiger partial charge is 0.497 e. The second-order valence-electron chi connectivity index (χ2n) is 5.76. The summed E-state index contributed by atoms with van der Waals surface area (Å²) in [7, 11) is 1.63. The first-order valence-corrected chi connectivity index (χ1v) is 8.77. The van der Waals surface area contributed by atoms with E-state index < -0.39 is 0 Å². The predicted octanol–water partition coefficient (Wildman–Crippen LogP) is 4.30. The highest BCUT2D eigenvalue weighted by molar-refractivity contribution is 8.00. The molecule has 0 saturated heterocycles. The molecule has 0 saturated carbocycles. The van der Waals surface area contributed by atoms with Crippen LogP contribution in [0.5, 0.6) is 5.75 Å². The number of anilines is 1. The van der Waals surface area contributed by atoms with E-state index in [9.17, 15) is 4.79 Å². The molecule has 3 nitrogen and oxygen atoms in total. The van der Waals surface area contributed by atoms with E-state index in [2.05, 4.69) is 23.5 Å². The quantitative estimate of drug-likeness (QED) is 0.832. The van der Waals surface area contributed by atoms with Crippen molar-refractivity contribution in [3.05, 3.63) is 53.6 Å². The van der Waals surface area contributed by atoms with Crippen LogP contribution in [0.25, 0.3) is 0 Å². The third-order valence-corrected chi connectivity index (χ3v) is 5.20. The summed E-state index contributed by atoms with van der Waals surface area (Å²) in [6.07, 6.45) is 3.60. The topological polar surface area (TPSA) is 38.3 Å². The van der Waals surface area contributed by atoms with Crippen molar-refractivity contribution in [2.75, 3.05) is 12.4 Å². The standard InChI is InChI=1S/C19H21NO2S/c1-13(19(21)20-16-7-9-17(22-2)10-8-16)23-18-11-6-14-4-3-5-15(14)12-18/h6-13H,3-5H2,1-2H3,(H,20,21)/t13-/m1/s1. The average Bonchev–Trinajstić information content (AvgIpc) is 3.03. The summed E-state index contributed by atoms with van der Waals surface area (Å²) < 4.78 is 5.12. The van der Waals surface area contributed by atoms with Crippen LogP contribution >= 0.6 is 11.8 Å². The van der Waals surface area contributed by atoms with E-state index in [4.69, 9.17) is 4.74 Å². The summed E-state index contributed by atoms with van der Waals surface area (Å²) in [6.45, 7) is 1.94. The van der Waals surface area contributed by atoms with Crippen LogP contribution < -0.4 is 10.1 Å². The number of nitrogens with one attached hydrogen (secondary N) is 1. The lowest BCUT2D eigenvalue weighted by Gasteiger charge is -2.13. The van der Waals surface area contributed by atoms with E-state index in [-0.39, 0.29) is 11.2 Å². The first kappa shape index (κ1) is 15.9. The summed E-state index contributed by atoms with van der Waals surface area (Å²) in [5.74, 6) is 0.796. The molecule has 3 rings (SSSR count). The van der Waals surface area contributed by atoms with E-state index >= 15 is 0 Å². The van der Waals surface area contributed by atoms with Crippen molar-refractivity contribution in [3.8, 4) is 5.75 Å². The molecule has 0 bridgehead atoms. The van der Waals surface area contributed by atoms with Crippen molar-refractivity contribution in [1.29, 1.82) is 0 Å². The van der Waals surface area contributed by atoms with Crippen LogP contribution in [0.1, 0.15) is 24.5 Å². The molecule has 23 heavy (non-hydrogen) atoms. The van der Waals surface area contributed by atoms with Crippen LogP contribution in [0.3, 0.4) is 0 Å². The zero-order valence-corrected chi connectivity index (χ0v) is 14.3. The van der Waals surface area contributed by atoms with Gasteiger partial charge in [0.25, 0.3) is 0 Å². The molecular weight excluding hydrogens is 306 g/mol. The summed E-state index contributed by atoms with van der Waals surface area (Å²) in [5.41, 5.74) is 3.69. The molecular formula is C19H21NO2S. The zero-order valence-electron chi connectivity index (χ0n) is 13.5. The molecule has 0 unspecified atom stereocenters. The Labute approximate surface area is 141 Å². The zero-order chi connectivity index (χ0) is 16.2. The number of carbonyl (C=O) groups excluding carboxylic acids is 1. The minimum atomic E-state index is -0.142. The van der Waals surface area contributed by atoms with Gasteiger partial charge in [-0.1, -0.05) is 6.07 Å². The van der Waals surface area contributed by atoms with Crippen molar-refractivity contribution < 1.29 is 9.53 Å². The number of thioether (sulfide) groups is 1. The molecule has 0 heterocycles. The fourth-order valence-corrected chi connectivity index (χ4v) is 3.73. The molecule has 0 aromatic heterocycles. The Morgan fingerprint density at radius 3 is 2.61 bits per heavy atom. The lowest BCUT2D eigenvalue weighted by molar-refractivity contribution is -0.115. The van der Waals surface area contributed by atoms with Crippen LogP contribution in [0.2, 0.25) is 0 Å². The van der Waals surface area contributed by atoms with Crippen LogP contribution in [-0.4, -0.2) is 18.3 Å². The minimum Gasteiger partial charge on any atom is -0.497 e. The third kappa shape index (κ3) is 3.88. The third-order valence-electron chi connectivity index (χ3n) is 4.11. The second-order valence-corrected chi connectivity index (χ2v) is 7.18. The fourth-order valence-electron chi connectivity index (χ4n) is 2.80. The van der Waals surface area contributed by atoms with E-state index in [0.717, 1.165) is 17.9 Å². The molecule has 0 aliphatic heterocycles. The number of carbonyl (C=O) groups is 1. The molecule has 4 heteroatoms. The Bertz CT molecular complexity index is 697. The van der Waals surface area contributed by atoms with Crippen LogP contribution in [0.4, 0.5) is 5.69 Å². The maximum Gasteiger partial charge on any atom is 0.237 e. The molecule has 2 aromatic rings. The number of ether oxygens (including phenoxy) is 1. The van der Waals surface area contributed by atoms with Crippen molar-refractivity contribution in [2.24, 2.45) is 0 Å². The highest BCUT2D eigenvalue weighted by Crippen LogP contribution is 2.30. The molecule has 1 amide bonds. The lowest BCUT2D eigenvalue weighted by atomic mass is 10.1. The van der Waals surface area contributed by atoms with Crippen molar-refractivity contribution in [2.45, 2.75) is 36.3 Å². The first-order valence-electron chi connectivity index (χ1n) is 7.89. The van der Waals surface area contributed by atoms with Gasteiger partial charge < -0.3 is 10.1 Å². The van der Waals surface area contributed by atoms with Crippen molar-refractivity contribution in [3.63, 3.8) is 0 Å². The molecule has 2 aromatic carbocycles. The normalized spacial score (nSPS) is 14.2. The summed E-state index contributed by atoms with van der Waals surface area (Å²) >= 11 is 1.61. The summed E-state index contributed by atoms with van der Waals surface area (Å²) in [6, 6.07) is 14.0. The predicted molar refractivity (Wildman–Crippen MR) is 95.4 cm³/mol. The lowest BCUT2D eigenvalue weighted by Crippen LogP contribution is -2.22. The van der Waals surface area contributed by atoms with Crippen molar-refractivity contribution >= 4 is 23.4 Å². The van der Waals surface area contributed by atoms with E-state index in [1.165, 1.54) is 28.9 Å². The van der Waals surface area contributed by atoms with Gasteiger partial charge in [0.05, 0.1) is 12.4 Å². The van der Waals surface area contributed by atoms with Crippen LogP contribution in [0, 0.1) is 0 Å². The number of aryl methyl sites for hydroxylation is 2. The number of hydrogen-bond donors (Lipinski definition) is 1. The van der Waals surface area contributed by atoms with E-state index in [1.54, 1.807) is 18.9 Å². The second kappa shape index (κ2) is 7.09. The monoisotopic (exact) mass is 327 g/mol. The van der Waals surface area contributed by atoms with Gasteiger partial charge >= 0.3 is 0 Å². The summed E-state index contributed by atoms with van der Waals surface area (Å²) in [4.78, 5) is 13.5. The Hall–Kier alpha value is -1.94. The van der Waals surface area contributed by atoms with Gasteiger partial charge in [0.2, 0.25) is 5.91 Å². The maximum atomic E-state index is 12.3. The Morgan fingerprint density at radius 2 is 1.87 bits per heavy atom. The first-order chi connectivity index (χ1) is 11.2. The van der Waals surface area contributed by atoms with Gasteiger partial charge in [0.1, 0.15) is 5.75 Å². The van der Waals surface area contributed by atoms with Crippen LogP contribution in [-0.2, 0) is 17.6 Å². The Kier molecular flexibility index (Phi) is 4.91. The Balaban J connectivity index is 1.60. The van der Waals surface area contributed by atoms with Gasteiger partial charge in [-0.2, -0.15) is 0 Å². The number of hydrogen-bond acceptors (Lipinski definition) is 3. The van der Waals surface area contributed by atoms with Gasteiger partial charge in [0.15, 0.2) is 0 Å². The summed E-state index contributed by atoms with van der Waals surface area (Å²) in [5, 5.41) is 2.81.